The van der Waals surface area contributed by atoms with Crippen molar-refractivity contribution in [2.75, 3.05) is 0 Å². The third-order valence-corrected chi connectivity index (χ3v) is 5.52. The first-order chi connectivity index (χ1) is 10.1. The molecular weight excluding hydrogens is 328 g/mol. The molecule has 1 aliphatic heterocycles. The number of aliphatic imine (C=N–C) groups is 1. The fraction of sp³-hybridized carbons (Fsp3) is 0.647. The third kappa shape index (κ3) is 2.74. The molecule has 4 atom stereocenters. The average Bonchev–Trinajstić information content (AvgIpc) is 2.80. The minimum atomic E-state index is -0.0951. The molecular formula is C17H21BrN2O. The van der Waals surface area contributed by atoms with Crippen LogP contribution in [0.15, 0.2) is 27.2 Å². The fourth-order valence-electron chi connectivity index (χ4n) is 4.03. The van der Waals surface area contributed by atoms with Gasteiger partial charge in [0.25, 0.3) is 0 Å². The smallest absolute Gasteiger partial charge is 0.205 e. The SMILES string of the molecule is CCC1C=C(Br)C=C2/C(=N/C#N)CC3(CCC(C)C3)OC21. The molecule has 0 aromatic heterocycles. The molecule has 4 heteroatoms. The summed E-state index contributed by atoms with van der Waals surface area (Å²) in [6.07, 6.45) is 11.6. The van der Waals surface area contributed by atoms with Crippen LogP contribution >= 0.6 is 15.9 Å². The molecule has 21 heavy (non-hydrogen) atoms. The van der Waals surface area contributed by atoms with Crippen molar-refractivity contribution in [3.8, 4) is 6.19 Å². The minimum absolute atomic E-state index is 0.0578. The maximum atomic E-state index is 9.05. The standard InChI is InChI=1S/C17H21BrN2O/c1-3-12-6-13(18)7-14-15(20-10-19)9-17(21-16(12)14)5-4-11(2)8-17/h6-7,11-12,16H,3-5,8-9H2,1-2H3/b20-15+. The van der Waals surface area contributed by atoms with E-state index in [1.807, 2.05) is 6.19 Å². The summed E-state index contributed by atoms with van der Waals surface area (Å²) in [5.41, 5.74) is 1.94. The van der Waals surface area contributed by atoms with Crippen LogP contribution in [0.5, 0.6) is 0 Å². The predicted octanol–water partition coefficient (Wildman–Crippen LogP) is 4.50. The number of ether oxygens (including phenoxy) is 1. The number of nitriles is 1. The third-order valence-electron chi connectivity index (χ3n) is 5.03. The Labute approximate surface area is 134 Å². The van der Waals surface area contributed by atoms with Crippen LogP contribution in [0, 0.1) is 23.3 Å². The van der Waals surface area contributed by atoms with Crippen molar-refractivity contribution in [1.82, 2.24) is 0 Å². The fourth-order valence-corrected chi connectivity index (χ4v) is 4.62. The molecule has 0 radical (unpaired) electrons. The molecule has 3 aliphatic rings. The van der Waals surface area contributed by atoms with E-state index in [0.29, 0.717) is 11.8 Å². The van der Waals surface area contributed by atoms with Gasteiger partial charge in [-0.25, -0.2) is 0 Å². The van der Waals surface area contributed by atoms with Gasteiger partial charge in [0, 0.05) is 22.4 Å². The Bertz CT molecular complexity index is 572. The molecule has 1 spiro atoms. The van der Waals surface area contributed by atoms with E-state index in [-0.39, 0.29) is 11.7 Å². The molecule has 0 aromatic rings. The second-order valence-electron chi connectivity index (χ2n) is 6.63. The van der Waals surface area contributed by atoms with E-state index < -0.39 is 0 Å². The van der Waals surface area contributed by atoms with Crippen molar-refractivity contribution >= 4 is 21.6 Å². The average molecular weight is 349 g/mol. The van der Waals surface area contributed by atoms with Gasteiger partial charge in [-0.3, -0.25) is 0 Å². The van der Waals surface area contributed by atoms with Crippen molar-refractivity contribution in [3.05, 3.63) is 22.2 Å². The lowest BCUT2D eigenvalue weighted by Gasteiger charge is -2.44. The van der Waals surface area contributed by atoms with Crippen LogP contribution in [-0.2, 0) is 4.74 Å². The van der Waals surface area contributed by atoms with Gasteiger partial charge in [-0.15, -0.1) is 0 Å². The first kappa shape index (κ1) is 15.0. The van der Waals surface area contributed by atoms with E-state index in [4.69, 9.17) is 10.00 Å². The van der Waals surface area contributed by atoms with Gasteiger partial charge in [0.2, 0.25) is 6.19 Å². The Hall–Kier alpha value is -0.920. The Morgan fingerprint density at radius 1 is 1.57 bits per heavy atom. The molecule has 3 nitrogen and oxygen atoms in total. The van der Waals surface area contributed by atoms with Gasteiger partial charge in [-0.05, 0) is 37.7 Å². The van der Waals surface area contributed by atoms with Crippen molar-refractivity contribution in [2.24, 2.45) is 16.8 Å². The molecule has 0 amide bonds. The second kappa shape index (κ2) is 5.70. The van der Waals surface area contributed by atoms with Crippen LogP contribution in [0.4, 0.5) is 0 Å². The Morgan fingerprint density at radius 2 is 2.38 bits per heavy atom. The molecule has 1 heterocycles. The van der Waals surface area contributed by atoms with Crippen LogP contribution in [0.2, 0.25) is 0 Å². The van der Waals surface area contributed by atoms with Crippen LogP contribution in [0.25, 0.3) is 0 Å². The molecule has 3 rings (SSSR count). The first-order valence-corrected chi connectivity index (χ1v) is 8.59. The van der Waals surface area contributed by atoms with Crippen LogP contribution in [0.3, 0.4) is 0 Å². The molecule has 1 saturated carbocycles. The van der Waals surface area contributed by atoms with E-state index in [2.05, 4.69) is 46.9 Å². The van der Waals surface area contributed by atoms with Crippen LogP contribution in [0.1, 0.15) is 46.0 Å². The number of hydrogen-bond acceptors (Lipinski definition) is 3. The van der Waals surface area contributed by atoms with E-state index >= 15 is 0 Å². The summed E-state index contributed by atoms with van der Waals surface area (Å²) < 4.78 is 7.69. The summed E-state index contributed by atoms with van der Waals surface area (Å²) in [6.45, 7) is 4.48. The quantitative estimate of drug-likeness (QED) is 0.654. The number of hydrogen-bond donors (Lipinski definition) is 0. The molecule has 112 valence electrons. The summed E-state index contributed by atoms with van der Waals surface area (Å²) in [6, 6.07) is 0. The summed E-state index contributed by atoms with van der Waals surface area (Å²) in [7, 11) is 0. The second-order valence-corrected chi connectivity index (χ2v) is 7.54. The summed E-state index contributed by atoms with van der Waals surface area (Å²) >= 11 is 3.59. The van der Waals surface area contributed by atoms with Crippen LogP contribution in [-0.4, -0.2) is 17.4 Å². The van der Waals surface area contributed by atoms with E-state index in [0.717, 1.165) is 41.5 Å². The van der Waals surface area contributed by atoms with Gasteiger partial charge in [-0.1, -0.05) is 35.9 Å². The van der Waals surface area contributed by atoms with Crippen molar-refractivity contribution in [1.29, 1.82) is 5.26 Å². The van der Waals surface area contributed by atoms with Gasteiger partial charge < -0.3 is 4.74 Å². The molecule has 4 unspecified atom stereocenters. The zero-order chi connectivity index (χ0) is 15.0. The zero-order valence-electron chi connectivity index (χ0n) is 12.6. The number of nitrogens with zero attached hydrogens (tertiary/aromatic N) is 2. The highest BCUT2D eigenvalue weighted by molar-refractivity contribution is 9.11. The van der Waals surface area contributed by atoms with E-state index in [1.54, 1.807) is 0 Å². The van der Waals surface area contributed by atoms with Gasteiger partial charge in [-0.2, -0.15) is 10.3 Å². The highest BCUT2D eigenvalue weighted by Gasteiger charge is 2.48. The Kier molecular flexibility index (Phi) is 4.07. The highest BCUT2D eigenvalue weighted by Crippen LogP contribution is 2.48. The maximum absolute atomic E-state index is 9.05. The Balaban J connectivity index is 1.99. The van der Waals surface area contributed by atoms with Crippen molar-refractivity contribution in [2.45, 2.75) is 57.7 Å². The molecule has 2 aliphatic carbocycles. The normalized spacial score (nSPS) is 40.7. The summed E-state index contributed by atoms with van der Waals surface area (Å²) in [5, 5.41) is 9.05. The first-order valence-electron chi connectivity index (χ1n) is 7.79. The highest BCUT2D eigenvalue weighted by atomic mass is 79.9. The minimum Gasteiger partial charge on any atom is -0.366 e. The van der Waals surface area contributed by atoms with Gasteiger partial charge in [0.15, 0.2) is 0 Å². The molecule has 0 aromatic carbocycles. The van der Waals surface area contributed by atoms with Crippen LogP contribution < -0.4 is 0 Å². The lowest BCUT2D eigenvalue weighted by atomic mass is 9.78. The van der Waals surface area contributed by atoms with Crippen molar-refractivity contribution in [3.63, 3.8) is 0 Å². The number of rotatable bonds is 1. The molecule has 0 N–H and O–H groups in total. The molecule has 1 saturated heterocycles. The predicted molar refractivity (Wildman–Crippen MR) is 87.2 cm³/mol. The maximum Gasteiger partial charge on any atom is 0.205 e. The lowest BCUT2D eigenvalue weighted by Crippen LogP contribution is -2.47. The molecule has 0 bridgehead atoms. The summed E-state index contributed by atoms with van der Waals surface area (Å²) in [5.74, 6) is 1.06. The van der Waals surface area contributed by atoms with Gasteiger partial charge in [0.05, 0.1) is 17.4 Å². The molecule has 2 fully saturated rings. The lowest BCUT2D eigenvalue weighted by molar-refractivity contribution is -0.0944. The summed E-state index contributed by atoms with van der Waals surface area (Å²) in [4.78, 5) is 4.14. The number of allylic oxidation sites excluding steroid dienone is 2. The number of fused-ring (bicyclic) bond motifs is 1. The van der Waals surface area contributed by atoms with Gasteiger partial charge >= 0.3 is 0 Å². The Morgan fingerprint density at radius 3 is 3.00 bits per heavy atom. The monoisotopic (exact) mass is 348 g/mol. The van der Waals surface area contributed by atoms with E-state index in [9.17, 15) is 0 Å². The van der Waals surface area contributed by atoms with Gasteiger partial charge in [0.1, 0.15) is 0 Å². The number of halogens is 1. The van der Waals surface area contributed by atoms with E-state index in [1.165, 1.54) is 6.42 Å². The largest absolute Gasteiger partial charge is 0.366 e. The topological polar surface area (TPSA) is 45.4 Å². The zero-order valence-corrected chi connectivity index (χ0v) is 14.2. The van der Waals surface area contributed by atoms with Crippen molar-refractivity contribution < 1.29 is 4.74 Å².